The van der Waals surface area contributed by atoms with E-state index in [1.807, 2.05) is 6.26 Å². The number of H-pyrrole nitrogens is 2. The van der Waals surface area contributed by atoms with Crippen LogP contribution in [0.3, 0.4) is 0 Å². The Kier molecular flexibility index (Phi) is 8.36. The fourth-order valence-electron chi connectivity index (χ4n) is 1.88. The highest BCUT2D eigenvalue weighted by Crippen LogP contribution is 2.10. The molecule has 0 aromatic carbocycles. The highest BCUT2D eigenvalue weighted by atomic mass is 32.2. The van der Waals surface area contributed by atoms with Crippen molar-refractivity contribution in [3.8, 4) is 0 Å². The number of thioether (sulfide) groups is 2. The first-order valence-corrected chi connectivity index (χ1v) is 9.31. The highest BCUT2D eigenvalue weighted by molar-refractivity contribution is 8.15. The molecule has 1 atom stereocenters. The van der Waals surface area contributed by atoms with Crippen molar-refractivity contribution >= 4 is 29.4 Å². The molecule has 0 saturated heterocycles. The van der Waals surface area contributed by atoms with E-state index in [0.29, 0.717) is 17.0 Å². The lowest BCUT2D eigenvalue weighted by molar-refractivity contribution is -0.121. The van der Waals surface area contributed by atoms with Crippen LogP contribution in [-0.2, 0) is 11.2 Å². The van der Waals surface area contributed by atoms with Crippen LogP contribution in [0.5, 0.6) is 0 Å². The smallest absolute Gasteiger partial charge is 0.325 e. The van der Waals surface area contributed by atoms with Crippen molar-refractivity contribution < 1.29 is 9.90 Å². The van der Waals surface area contributed by atoms with Crippen LogP contribution >= 0.6 is 23.5 Å². The SMILES string of the molecule is CSCSC[C@@H](CO)NC(=O)CCc1c(C)[nH]c(=O)[nH]c1=O. The fraction of sp³-hybridized carbons (Fsp3) is 0.615. The molecule has 4 N–H and O–H groups in total. The summed E-state index contributed by atoms with van der Waals surface area (Å²) in [5.41, 5.74) is -0.159. The van der Waals surface area contributed by atoms with Gasteiger partial charge in [-0.3, -0.25) is 14.6 Å². The van der Waals surface area contributed by atoms with Gasteiger partial charge in [0, 0.05) is 28.5 Å². The number of carbonyl (C=O) groups is 1. The normalized spacial score (nSPS) is 12.1. The van der Waals surface area contributed by atoms with Crippen LogP contribution in [0.2, 0.25) is 0 Å². The van der Waals surface area contributed by atoms with Gasteiger partial charge in [-0.2, -0.15) is 11.8 Å². The molecule has 1 heterocycles. The maximum Gasteiger partial charge on any atom is 0.325 e. The Morgan fingerprint density at radius 1 is 1.36 bits per heavy atom. The number of aliphatic hydroxyl groups excluding tert-OH is 1. The van der Waals surface area contributed by atoms with Gasteiger partial charge in [-0.1, -0.05) is 0 Å². The molecule has 0 aliphatic rings. The van der Waals surface area contributed by atoms with Crippen molar-refractivity contribution in [2.24, 2.45) is 0 Å². The standard InChI is InChI=1S/C13H21N3O4S2/c1-8-10(12(19)16-13(20)14-8)3-4-11(18)15-9(5-17)6-22-7-21-2/h9,17H,3-7H2,1-2H3,(H,15,18)(H2,14,16,19,20)/t9-/m1/s1. The van der Waals surface area contributed by atoms with E-state index in [9.17, 15) is 19.5 Å². The molecule has 9 heteroatoms. The Morgan fingerprint density at radius 3 is 2.68 bits per heavy atom. The van der Waals surface area contributed by atoms with Crippen molar-refractivity contribution in [1.29, 1.82) is 0 Å². The average Bonchev–Trinajstić information content (AvgIpc) is 2.45. The predicted octanol–water partition coefficient (Wildman–Crippen LogP) is -0.165. The van der Waals surface area contributed by atoms with Gasteiger partial charge in [-0.05, 0) is 19.6 Å². The molecule has 0 radical (unpaired) electrons. The topological polar surface area (TPSA) is 115 Å². The van der Waals surface area contributed by atoms with Gasteiger partial charge in [0.05, 0.1) is 12.6 Å². The van der Waals surface area contributed by atoms with Crippen LogP contribution in [0.4, 0.5) is 0 Å². The Hall–Kier alpha value is -1.19. The number of aromatic amines is 2. The van der Waals surface area contributed by atoms with Crippen LogP contribution in [-0.4, -0.2) is 50.7 Å². The van der Waals surface area contributed by atoms with E-state index in [2.05, 4.69) is 15.3 Å². The third-order valence-corrected chi connectivity index (χ3v) is 5.21. The van der Waals surface area contributed by atoms with Gasteiger partial charge in [-0.15, -0.1) is 11.8 Å². The molecule has 1 amide bonds. The molecule has 0 spiro atoms. The van der Waals surface area contributed by atoms with E-state index < -0.39 is 11.2 Å². The van der Waals surface area contributed by atoms with Gasteiger partial charge in [0.1, 0.15) is 0 Å². The summed E-state index contributed by atoms with van der Waals surface area (Å²) in [6, 6.07) is -0.292. The molecule has 0 bridgehead atoms. The van der Waals surface area contributed by atoms with E-state index in [-0.39, 0.29) is 31.4 Å². The number of aryl methyl sites for hydroxylation is 1. The summed E-state index contributed by atoms with van der Waals surface area (Å²) in [6.07, 6.45) is 2.35. The number of hydrogen-bond acceptors (Lipinski definition) is 6. The average molecular weight is 347 g/mol. The maximum absolute atomic E-state index is 11.9. The van der Waals surface area contributed by atoms with Crippen LogP contribution in [0, 0.1) is 6.92 Å². The van der Waals surface area contributed by atoms with Crippen molar-refractivity contribution in [3.05, 3.63) is 32.1 Å². The van der Waals surface area contributed by atoms with E-state index in [1.165, 1.54) is 0 Å². The lowest BCUT2D eigenvalue weighted by Gasteiger charge is -2.15. The number of rotatable bonds is 9. The Labute approximate surface area is 136 Å². The second-order valence-corrected chi connectivity index (χ2v) is 7.00. The monoisotopic (exact) mass is 347 g/mol. The largest absolute Gasteiger partial charge is 0.394 e. The van der Waals surface area contributed by atoms with E-state index in [1.54, 1.807) is 30.4 Å². The van der Waals surface area contributed by atoms with E-state index in [0.717, 1.165) is 5.08 Å². The van der Waals surface area contributed by atoms with E-state index >= 15 is 0 Å². The van der Waals surface area contributed by atoms with Crippen molar-refractivity contribution in [1.82, 2.24) is 15.3 Å². The molecular formula is C13H21N3O4S2. The summed E-state index contributed by atoms with van der Waals surface area (Å²) < 4.78 is 0. The molecule has 0 aliphatic carbocycles. The second kappa shape index (κ2) is 9.75. The molecule has 1 aromatic rings. The van der Waals surface area contributed by atoms with Gasteiger partial charge < -0.3 is 15.4 Å². The van der Waals surface area contributed by atoms with Gasteiger partial charge in [0.25, 0.3) is 5.56 Å². The van der Waals surface area contributed by atoms with E-state index in [4.69, 9.17) is 0 Å². The summed E-state index contributed by atoms with van der Waals surface area (Å²) >= 11 is 3.33. The third kappa shape index (κ3) is 6.29. The molecule has 1 rings (SSSR count). The Morgan fingerprint density at radius 2 is 2.09 bits per heavy atom. The lowest BCUT2D eigenvalue weighted by Crippen LogP contribution is -2.39. The molecule has 22 heavy (non-hydrogen) atoms. The number of nitrogens with one attached hydrogen (secondary N) is 3. The van der Waals surface area contributed by atoms with Gasteiger partial charge in [0.15, 0.2) is 0 Å². The Balaban J connectivity index is 2.52. The molecule has 124 valence electrons. The molecular weight excluding hydrogens is 326 g/mol. The summed E-state index contributed by atoms with van der Waals surface area (Å²) in [7, 11) is 0. The highest BCUT2D eigenvalue weighted by Gasteiger charge is 2.13. The lowest BCUT2D eigenvalue weighted by atomic mass is 10.1. The first kappa shape index (κ1) is 18.9. The molecule has 1 aromatic heterocycles. The zero-order valence-corrected chi connectivity index (χ0v) is 14.2. The number of hydrogen-bond donors (Lipinski definition) is 4. The molecule has 7 nitrogen and oxygen atoms in total. The minimum atomic E-state index is -0.554. The minimum Gasteiger partial charge on any atom is -0.394 e. The minimum absolute atomic E-state index is 0.120. The van der Waals surface area contributed by atoms with Gasteiger partial charge in [0.2, 0.25) is 5.91 Å². The maximum atomic E-state index is 11.9. The van der Waals surface area contributed by atoms with Crippen LogP contribution in [0.1, 0.15) is 17.7 Å². The van der Waals surface area contributed by atoms with Crippen LogP contribution < -0.4 is 16.6 Å². The molecule has 0 unspecified atom stereocenters. The predicted molar refractivity (Wildman–Crippen MR) is 90.6 cm³/mol. The summed E-state index contributed by atoms with van der Waals surface area (Å²) in [6.45, 7) is 1.50. The van der Waals surface area contributed by atoms with Crippen LogP contribution in [0.25, 0.3) is 0 Å². The first-order chi connectivity index (χ1) is 10.5. The third-order valence-electron chi connectivity index (χ3n) is 2.96. The first-order valence-electron chi connectivity index (χ1n) is 6.77. The van der Waals surface area contributed by atoms with Crippen molar-refractivity contribution in [2.75, 3.05) is 23.7 Å². The summed E-state index contributed by atoms with van der Waals surface area (Å²) in [5.74, 6) is 0.412. The zero-order chi connectivity index (χ0) is 16.5. The Bertz CT molecular complexity index is 600. The summed E-state index contributed by atoms with van der Waals surface area (Å²) in [5, 5.41) is 12.9. The molecule has 0 fully saturated rings. The zero-order valence-electron chi connectivity index (χ0n) is 12.6. The number of aromatic nitrogens is 2. The quantitative estimate of drug-likeness (QED) is 0.364. The van der Waals surface area contributed by atoms with Crippen molar-refractivity contribution in [2.45, 2.75) is 25.8 Å². The number of amides is 1. The summed E-state index contributed by atoms with van der Waals surface area (Å²) in [4.78, 5) is 39.3. The molecule has 0 aliphatic heterocycles. The second-order valence-electron chi connectivity index (χ2n) is 4.74. The molecule has 0 saturated carbocycles. The van der Waals surface area contributed by atoms with Gasteiger partial charge >= 0.3 is 5.69 Å². The number of carbonyl (C=O) groups excluding carboxylic acids is 1. The fourth-order valence-corrected chi connectivity index (χ4v) is 3.40. The van der Waals surface area contributed by atoms with Gasteiger partial charge in [-0.25, -0.2) is 4.79 Å². The van der Waals surface area contributed by atoms with Crippen molar-refractivity contribution in [3.63, 3.8) is 0 Å². The number of aliphatic hydroxyl groups is 1. The van der Waals surface area contributed by atoms with Crippen LogP contribution in [0.15, 0.2) is 9.59 Å².